The van der Waals surface area contributed by atoms with Gasteiger partial charge in [0.2, 0.25) is 11.8 Å². The van der Waals surface area contributed by atoms with Crippen LogP contribution >= 0.6 is 15.9 Å². The Labute approximate surface area is 136 Å². The summed E-state index contributed by atoms with van der Waals surface area (Å²) in [5.74, 6) is 0.123. The minimum atomic E-state index is -0.326. The lowest BCUT2D eigenvalue weighted by molar-refractivity contribution is -0.134. The van der Waals surface area contributed by atoms with Crippen LogP contribution in [-0.4, -0.2) is 39.2 Å². The monoisotopic (exact) mass is 364 g/mol. The molecule has 2 aromatic rings. The Morgan fingerprint density at radius 1 is 1.41 bits per heavy atom. The number of halogens is 1. The molecule has 1 atom stereocenters. The first-order valence-electron chi connectivity index (χ1n) is 7.23. The first kappa shape index (κ1) is 15.0. The summed E-state index contributed by atoms with van der Waals surface area (Å²) in [5, 5.41) is 0. The summed E-state index contributed by atoms with van der Waals surface area (Å²) in [4.78, 5) is 29.8. The number of aromatic nitrogens is 2. The number of pyridine rings is 1. The first-order valence-corrected chi connectivity index (χ1v) is 8.02. The number of hydrogen-bond donors (Lipinski definition) is 1. The van der Waals surface area contributed by atoms with E-state index in [9.17, 15) is 9.59 Å². The van der Waals surface area contributed by atoms with E-state index in [0.29, 0.717) is 18.9 Å². The Morgan fingerprint density at radius 2 is 2.23 bits per heavy atom. The molecule has 1 aliphatic heterocycles. The molecule has 116 valence electrons. The van der Waals surface area contributed by atoms with E-state index < -0.39 is 0 Å². The van der Waals surface area contributed by atoms with Gasteiger partial charge in [0.05, 0.1) is 24.1 Å². The molecule has 0 bridgehead atoms. The van der Waals surface area contributed by atoms with Gasteiger partial charge >= 0.3 is 0 Å². The number of nitrogens with two attached hydrogens (primary N) is 1. The van der Waals surface area contributed by atoms with Gasteiger partial charge in [0.1, 0.15) is 5.82 Å². The van der Waals surface area contributed by atoms with Crippen molar-refractivity contribution in [3.8, 4) is 0 Å². The molecule has 3 rings (SSSR count). The average molecular weight is 365 g/mol. The van der Waals surface area contributed by atoms with Crippen LogP contribution in [0.3, 0.4) is 0 Å². The molecule has 0 radical (unpaired) electrons. The van der Waals surface area contributed by atoms with E-state index in [-0.39, 0.29) is 24.2 Å². The molecule has 2 aromatic heterocycles. The molecule has 2 amide bonds. The zero-order valence-electron chi connectivity index (χ0n) is 12.0. The fourth-order valence-corrected chi connectivity index (χ4v) is 3.17. The van der Waals surface area contributed by atoms with Gasteiger partial charge in [-0.15, -0.1) is 0 Å². The lowest BCUT2D eigenvalue weighted by Crippen LogP contribution is -2.44. The van der Waals surface area contributed by atoms with Crippen LogP contribution in [0, 0.1) is 5.92 Å². The van der Waals surface area contributed by atoms with Gasteiger partial charge in [-0.2, -0.15) is 0 Å². The second-order valence-corrected chi connectivity index (χ2v) is 6.49. The molecule has 0 saturated carbocycles. The van der Waals surface area contributed by atoms with Gasteiger partial charge in [-0.3, -0.25) is 9.59 Å². The summed E-state index contributed by atoms with van der Waals surface area (Å²) in [5.41, 5.74) is 6.30. The van der Waals surface area contributed by atoms with E-state index in [1.165, 1.54) is 0 Å². The summed E-state index contributed by atoms with van der Waals surface area (Å²) in [7, 11) is 0. The Bertz CT molecular complexity index is 727. The normalized spacial score (nSPS) is 18.6. The number of carbonyl (C=O) groups excluding carboxylic acids is 2. The third kappa shape index (κ3) is 2.99. The van der Waals surface area contributed by atoms with Gasteiger partial charge in [-0.25, -0.2) is 4.98 Å². The molecule has 6 nitrogen and oxygen atoms in total. The molecule has 0 spiro atoms. The second-order valence-electron chi connectivity index (χ2n) is 5.57. The third-order valence-corrected chi connectivity index (χ3v) is 4.52. The van der Waals surface area contributed by atoms with Crippen LogP contribution in [0.15, 0.2) is 29.0 Å². The van der Waals surface area contributed by atoms with Crippen LogP contribution < -0.4 is 5.73 Å². The highest BCUT2D eigenvalue weighted by atomic mass is 79.9. The Balaban J connectivity index is 1.75. The molecule has 0 aliphatic carbocycles. The number of rotatable bonds is 3. The van der Waals surface area contributed by atoms with Gasteiger partial charge < -0.3 is 15.0 Å². The van der Waals surface area contributed by atoms with Gasteiger partial charge in [0, 0.05) is 23.8 Å². The molecule has 0 unspecified atom stereocenters. The van der Waals surface area contributed by atoms with Crippen LogP contribution in [0.4, 0.5) is 0 Å². The summed E-state index contributed by atoms with van der Waals surface area (Å²) >= 11 is 3.42. The maximum absolute atomic E-state index is 12.5. The highest BCUT2D eigenvalue weighted by Gasteiger charge is 2.27. The molecule has 3 heterocycles. The number of amides is 2. The number of hydrogen-bond acceptors (Lipinski definition) is 3. The largest absolute Gasteiger partial charge is 0.369 e. The van der Waals surface area contributed by atoms with Gasteiger partial charge in [0.25, 0.3) is 0 Å². The van der Waals surface area contributed by atoms with Crippen molar-refractivity contribution < 1.29 is 9.59 Å². The van der Waals surface area contributed by atoms with E-state index in [1.54, 1.807) is 11.1 Å². The molecule has 1 aliphatic rings. The SMILES string of the molecule is NC(=O)[C@H]1CCCN(C(=O)Cc2ncc3ccc(Br)cn23)C1. The number of carbonyl (C=O) groups is 2. The third-order valence-electron chi connectivity index (χ3n) is 4.05. The van der Waals surface area contributed by atoms with Crippen LogP contribution in [0.25, 0.3) is 5.52 Å². The summed E-state index contributed by atoms with van der Waals surface area (Å²) in [6, 6.07) is 3.87. The molecular weight excluding hydrogens is 348 g/mol. The van der Waals surface area contributed by atoms with Crippen molar-refractivity contribution in [2.75, 3.05) is 13.1 Å². The van der Waals surface area contributed by atoms with Crippen molar-refractivity contribution >= 4 is 33.3 Å². The summed E-state index contributed by atoms with van der Waals surface area (Å²) < 4.78 is 2.83. The van der Waals surface area contributed by atoms with E-state index in [0.717, 1.165) is 22.8 Å². The number of imidazole rings is 1. The number of primary amides is 1. The lowest BCUT2D eigenvalue weighted by atomic mass is 9.97. The van der Waals surface area contributed by atoms with Crippen LogP contribution in [0.1, 0.15) is 18.7 Å². The quantitative estimate of drug-likeness (QED) is 0.892. The second kappa shape index (κ2) is 6.08. The lowest BCUT2D eigenvalue weighted by Gasteiger charge is -2.31. The zero-order chi connectivity index (χ0) is 15.7. The van der Waals surface area contributed by atoms with Crippen molar-refractivity contribution in [1.82, 2.24) is 14.3 Å². The Kier molecular flexibility index (Phi) is 4.15. The van der Waals surface area contributed by atoms with Gasteiger partial charge in [0.15, 0.2) is 0 Å². The number of likely N-dealkylation sites (tertiary alicyclic amines) is 1. The predicted molar refractivity (Wildman–Crippen MR) is 85.1 cm³/mol. The molecular formula is C15H17BrN4O2. The molecule has 7 heteroatoms. The van der Waals surface area contributed by atoms with Crippen molar-refractivity contribution in [2.24, 2.45) is 11.7 Å². The number of fused-ring (bicyclic) bond motifs is 1. The van der Waals surface area contributed by atoms with E-state index in [2.05, 4.69) is 20.9 Å². The minimum absolute atomic E-state index is 0.0153. The van der Waals surface area contributed by atoms with E-state index >= 15 is 0 Å². The standard InChI is InChI=1S/C15H17BrN4O2/c16-11-3-4-12-7-18-13(20(12)9-11)6-14(21)19-5-1-2-10(8-19)15(17)22/h3-4,7,9-10H,1-2,5-6,8H2,(H2,17,22)/t10-/m0/s1. The number of piperidine rings is 1. The molecule has 22 heavy (non-hydrogen) atoms. The van der Waals surface area contributed by atoms with Crippen molar-refractivity contribution in [2.45, 2.75) is 19.3 Å². The number of nitrogens with zero attached hydrogens (tertiary/aromatic N) is 3. The highest BCUT2D eigenvalue weighted by molar-refractivity contribution is 9.10. The van der Waals surface area contributed by atoms with Crippen molar-refractivity contribution in [3.05, 3.63) is 34.8 Å². The summed E-state index contributed by atoms with van der Waals surface area (Å²) in [6.45, 7) is 1.09. The first-order chi connectivity index (χ1) is 10.5. The Hall–Kier alpha value is -1.89. The van der Waals surface area contributed by atoms with Crippen molar-refractivity contribution in [1.29, 1.82) is 0 Å². The smallest absolute Gasteiger partial charge is 0.230 e. The van der Waals surface area contributed by atoms with Gasteiger partial charge in [-0.1, -0.05) is 0 Å². The fourth-order valence-electron chi connectivity index (χ4n) is 2.83. The topological polar surface area (TPSA) is 80.7 Å². The van der Waals surface area contributed by atoms with Crippen LogP contribution in [0.2, 0.25) is 0 Å². The maximum atomic E-state index is 12.5. The van der Waals surface area contributed by atoms with Crippen molar-refractivity contribution in [3.63, 3.8) is 0 Å². The molecule has 1 saturated heterocycles. The predicted octanol–water partition coefficient (Wildman–Crippen LogP) is 1.36. The molecule has 0 aromatic carbocycles. The van der Waals surface area contributed by atoms with E-state index in [4.69, 9.17) is 5.73 Å². The highest BCUT2D eigenvalue weighted by Crippen LogP contribution is 2.18. The van der Waals surface area contributed by atoms with Crippen LogP contribution in [0.5, 0.6) is 0 Å². The minimum Gasteiger partial charge on any atom is -0.369 e. The molecule has 1 fully saturated rings. The van der Waals surface area contributed by atoms with Crippen LogP contribution in [-0.2, 0) is 16.0 Å². The maximum Gasteiger partial charge on any atom is 0.230 e. The Morgan fingerprint density at radius 3 is 3.00 bits per heavy atom. The van der Waals surface area contributed by atoms with E-state index in [1.807, 2.05) is 22.7 Å². The zero-order valence-corrected chi connectivity index (χ0v) is 13.6. The molecule has 2 N–H and O–H groups in total. The fraction of sp³-hybridized carbons (Fsp3) is 0.400. The van der Waals surface area contributed by atoms with Gasteiger partial charge in [-0.05, 0) is 40.9 Å². The summed E-state index contributed by atoms with van der Waals surface area (Å²) in [6.07, 6.45) is 5.44. The average Bonchev–Trinajstić information content (AvgIpc) is 2.89.